The SMILES string of the molecule is Cc1ccc(NC(=O)NCC2CCCN(CC(=O)NC3CC3)C2)cc1. The van der Waals surface area contributed by atoms with Gasteiger partial charge in [0.05, 0.1) is 6.54 Å². The Morgan fingerprint density at radius 1 is 1.16 bits per heavy atom. The molecule has 0 spiro atoms. The molecular weight excluding hydrogens is 316 g/mol. The van der Waals surface area contributed by atoms with Crippen molar-refractivity contribution in [2.24, 2.45) is 5.92 Å². The minimum absolute atomic E-state index is 0.133. The highest BCUT2D eigenvalue weighted by Gasteiger charge is 2.26. The Hall–Kier alpha value is -2.08. The van der Waals surface area contributed by atoms with Crippen molar-refractivity contribution in [3.63, 3.8) is 0 Å². The molecule has 1 aromatic carbocycles. The fraction of sp³-hybridized carbons (Fsp3) is 0.579. The standard InChI is InChI=1S/C19H28N4O2/c1-14-4-6-17(7-5-14)22-19(25)20-11-15-3-2-10-23(12-15)13-18(24)21-16-8-9-16/h4-7,15-16H,2-3,8-13H2,1H3,(H,21,24)(H2,20,22,25). The van der Waals surface area contributed by atoms with Gasteiger partial charge in [0.2, 0.25) is 5.91 Å². The second kappa shape index (κ2) is 8.34. The Bertz CT molecular complexity index is 598. The van der Waals surface area contributed by atoms with Gasteiger partial charge in [-0.1, -0.05) is 17.7 Å². The molecule has 1 saturated heterocycles. The summed E-state index contributed by atoms with van der Waals surface area (Å²) in [5.41, 5.74) is 1.96. The van der Waals surface area contributed by atoms with Gasteiger partial charge in [-0.3, -0.25) is 9.69 Å². The monoisotopic (exact) mass is 344 g/mol. The van der Waals surface area contributed by atoms with Crippen LogP contribution in [0.4, 0.5) is 10.5 Å². The van der Waals surface area contributed by atoms with Gasteiger partial charge in [0.25, 0.3) is 0 Å². The summed E-state index contributed by atoms with van der Waals surface area (Å²) >= 11 is 0. The molecule has 2 aliphatic rings. The molecule has 1 heterocycles. The maximum absolute atomic E-state index is 12.0. The summed E-state index contributed by atoms with van der Waals surface area (Å²) in [6.45, 7) is 4.96. The molecule has 0 radical (unpaired) electrons. The van der Waals surface area contributed by atoms with E-state index in [1.165, 1.54) is 5.56 Å². The van der Waals surface area contributed by atoms with E-state index in [4.69, 9.17) is 0 Å². The quantitative estimate of drug-likeness (QED) is 0.740. The van der Waals surface area contributed by atoms with Gasteiger partial charge in [-0.2, -0.15) is 0 Å². The van der Waals surface area contributed by atoms with Crippen LogP contribution in [0.25, 0.3) is 0 Å². The number of carbonyl (C=O) groups is 2. The number of nitrogens with zero attached hydrogens (tertiary/aromatic N) is 1. The van der Waals surface area contributed by atoms with Crippen molar-refractivity contribution in [2.75, 3.05) is 31.5 Å². The zero-order valence-electron chi connectivity index (χ0n) is 14.9. The van der Waals surface area contributed by atoms with Gasteiger partial charge >= 0.3 is 6.03 Å². The van der Waals surface area contributed by atoms with E-state index in [2.05, 4.69) is 20.9 Å². The second-order valence-electron chi connectivity index (χ2n) is 7.29. The van der Waals surface area contributed by atoms with Crippen LogP contribution in [0, 0.1) is 12.8 Å². The Morgan fingerprint density at radius 3 is 2.64 bits per heavy atom. The zero-order chi connectivity index (χ0) is 17.6. The molecule has 1 aliphatic heterocycles. The van der Waals surface area contributed by atoms with Crippen LogP contribution in [0.5, 0.6) is 0 Å². The molecular formula is C19H28N4O2. The molecule has 1 saturated carbocycles. The van der Waals surface area contributed by atoms with Crippen LogP contribution < -0.4 is 16.0 Å². The number of hydrogen-bond acceptors (Lipinski definition) is 3. The lowest BCUT2D eigenvalue weighted by molar-refractivity contribution is -0.122. The lowest BCUT2D eigenvalue weighted by Gasteiger charge is -2.32. The topological polar surface area (TPSA) is 73.5 Å². The molecule has 136 valence electrons. The smallest absolute Gasteiger partial charge is 0.319 e. The van der Waals surface area contributed by atoms with Crippen molar-refractivity contribution in [3.8, 4) is 0 Å². The molecule has 3 N–H and O–H groups in total. The van der Waals surface area contributed by atoms with Crippen LogP contribution in [-0.2, 0) is 4.79 Å². The number of rotatable bonds is 6. The fourth-order valence-corrected chi connectivity index (χ4v) is 3.21. The Kier molecular flexibility index (Phi) is 5.91. The van der Waals surface area contributed by atoms with Crippen molar-refractivity contribution in [1.82, 2.24) is 15.5 Å². The third-order valence-electron chi connectivity index (χ3n) is 4.77. The summed E-state index contributed by atoms with van der Waals surface area (Å²) in [5.74, 6) is 0.527. The lowest BCUT2D eigenvalue weighted by Crippen LogP contribution is -2.45. The summed E-state index contributed by atoms with van der Waals surface area (Å²) in [7, 11) is 0. The van der Waals surface area contributed by atoms with Crippen molar-refractivity contribution >= 4 is 17.6 Å². The average molecular weight is 344 g/mol. The highest BCUT2D eigenvalue weighted by atomic mass is 16.2. The minimum atomic E-state index is -0.174. The van der Waals surface area contributed by atoms with E-state index >= 15 is 0 Å². The minimum Gasteiger partial charge on any atom is -0.352 e. The van der Waals surface area contributed by atoms with E-state index in [9.17, 15) is 9.59 Å². The predicted molar refractivity (Wildman–Crippen MR) is 98.5 cm³/mol. The summed E-state index contributed by atoms with van der Waals surface area (Å²) in [6.07, 6.45) is 4.40. The molecule has 3 rings (SSSR count). The fourth-order valence-electron chi connectivity index (χ4n) is 3.21. The van der Waals surface area contributed by atoms with E-state index in [0.29, 0.717) is 25.0 Å². The van der Waals surface area contributed by atoms with E-state index in [0.717, 1.165) is 44.5 Å². The van der Waals surface area contributed by atoms with Gasteiger partial charge in [-0.15, -0.1) is 0 Å². The Labute approximate surface area is 149 Å². The van der Waals surface area contributed by atoms with Gasteiger partial charge in [-0.05, 0) is 57.2 Å². The molecule has 1 atom stereocenters. The highest BCUT2D eigenvalue weighted by Crippen LogP contribution is 2.19. The van der Waals surface area contributed by atoms with Crippen LogP contribution in [0.15, 0.2) is 24.3 Å². The molecule has 3 amide bonds. The number of aryl methyl sites for hydroxylation is 1. The van der Waals surface area contributed by atoms with E-state index < -0.39 is 0 Å². The van der Waals surface area contributed by atoms with E-state index in [-0.39, 0.29) is 11.9 Å². The Balaban J connectivity index is 1.37. The first-order valence-electron chi connectivity index (χ1n) is 9.22. The average Bonchev–Trinajstić information content (AvgIpc) is 3.39. The third-order valence-corrected chi connectivity index (χ3v) is 4.77. The van der Waals surface area contributed by atoms with Gasteiger partial charge in [0, 0.05) is 24.8 Å². The number of piperidine rings is 1. The van der Waals surface area contributed by atoms with Crippen molar-refractivity contribution in [2.45, 2.75) is 38.6 Å². The maximum atomic E-state index is 12.0. The van der Waals surface area contributed by atoms with Crippen LogP contribution in [-0.4, -0.2) is 49.1 Å². The third kappa shape index (κ3) is 6.05. The number of likely N-dealkylation sites (tertiary alicyclic amines) is 1. The number of hydrogen-bond donors (Lipinski definition) is 3. The van der Waals surface area contributed by atoms with Crippen molar-refractivity contribution < 1.29 is 9.59 Å². The predicted octanol–water partition coefficient (Wildman–Crippen LogP) is 2.11. The molecule has 1 aliphatic carbocycles. The number of anilines is 1. The number of amides is 3. The largest absolute Gasteiger partial charge is 0.352 e. The van der Waals surface area contributed by atoms with Gasteiger partial charge in [0.15, 0.2) is 0 Å². The number of benzene rings is 1. The van der Waals surface area contributed by atoms with Gasteiger partial charge in [-0.25, -0.2) is 4.79 Å². The van der Waals surface area contributed by atoms with Gasteiger partial charge in [0.1, 0.15) is 0 Å². The van der Waals surface area contributed by atoms with Crippen LogP contribution in [0.2, 0.25) is 0 Å². The van der Waals surface area contributed by atoms with Gasteiger partial charge < -0.3 is 16.0 Å². The van der Waals surface area contributed by atoms with Crippen molar-refractivity contribution in [1.29, 1.82) is 0 Å². The molecule has 2 fully saturated rings. The molecule has 1 unspecified atom stereocenters. The first-order chi connectivity index (χ1) is 12.1. The summed E-state index contributed by atoms with van der Waals surface area (Å²) in [4.78, 5) is 26.2. The molecule has 1 aromatic rings. The lowest BCUT2D eigenvalue weighted by atomic mass is 9.98. The summed E-state index contributed by atoms with van der Waals surface area (Å²) < 4.78 is 0. The van der Waals surface area contributed by atoms with E-state index in [1.54, 1.807) is 0 Å². The number of nitrogens with one attached hydrogen (secondary N) is 3. The van der Waals surface area contributed by atoms with Crippen LogP contribution >= 0.6 is 0 Å². The Morgan fingerprint density at radius 2 is 1.92 bits per heavy atom. The second-order valence-corrected chi connectivity index (χ2v) is 7.29. The van der Waals surface area contributed by atoms with Crippen LogP contribution in [0.3, 0.4) is 0 Å². The molecule has 6 nitrogen and oxygen atoms in total. The first kappa shape index (κ1) is 17.7. The van der Waals surface area contributed by atoms with Crippen molar-refractivity contribution in [3.05, 3.63) is 29.8 Å². The molecule has 6 heteroatoms. The summed E-state index contributed by atoms with van der Waals surface area (Å²) in [5, 5.41) is 8.84. The van der Waals surface area contributed by atoms with E-state index in [1.807, 2.05) is 31.2 Å². The number of urea groups is 1. The first-order valence-corrected chi connectivity index (χ1v) is 9.22. The molecule has 0 bridgehead atoms. The zero-order valence-corrected chi connectivity index (χ0v) is 14.9. The molecule has 0 aromatic heterocycles. The normalized spacial score (nSPS) is 20.8. The summed E-state index contributed by atoms with van der Waals surface area (Å²) in [6, 6.07) is 7.99. The molecule has 25 heavy (non-hydrogen) atoms. The maximum Gasteiger partial charge on any atom is 0.319 e. The number of carbonyl (C=O) groups excluding carboxylic acids is 2. The highest BCUT2D eigenvalue weighted by molar-refractivity contribution is 5.89. The van der Waals surface area contributed by atoms with Crippen LogP contribution in [0.1, 0.15) is 31.2 Å².